The van der Waals surface area contributed by atoms with E-state index in [4.69, 9.17) is 9.97 Å². The molecule has 2 atom stereocenters. The Morgan fingerprint density at radius 3 is 2.68 bits per heavy atom. The van der Waals surface area contributed by atoms with Gasteiger partial charge in [0.05, 0.1) is 12.6 Å². The van der Waals surface area contributed by atoms with Gasteiger partial charge in [-0.2, -0.15) is 0 Å². The molecule has 3 aliphatic rings. The van der Waals surface area contributed by atoms with Crippen LogP contribution in [-0.2, 0) is 6.42 Å². The fourth-order valence-corrected chi connectivity index (χ4v) is 6.84. The summed E-state index contributed by atoms with van der Waals surface area (Å²) in [5.41, 5.74) is 4.59. The number of aromatic amines is 1. The first kappa shape index (κ1) is 22.0. The first-order valence-corrected chi connectivity index (χ1v) is 12.7. The van der Waals surface area contributed by atoms with E-state index in [9.17, 15) is 8.78 Å². The number of alkyl halides is 2. The first-order valence-electron chi connectivity index (χ1n) is 12.7. The van der Waals surface area contributed by atoms with Crippen molar-refractivity contribution in [2.24, 2.45) is 11.3 Å². The number of fused-ring (bicyclic) bond motifs is 3. The minimum absolute atomic E-state index is 0.00560. The van der Waals surface area contributed by atoms with Gasteiger partial charge >= 0.3 is 0 Å². The summed E-state index contributed by atoms with van der Waals surface area (Å²) >= 11 is 0. The normalized spacial score (nSPS) is 29.2. The second kappa shape index (κ2) is 8.29. The van der Waals surface area contributed by atoms with E-state index in [-0.39, 0.29) is 18.6 Å². The Labute approximate surface area is 199 Å². The molecule has 1 aromatic carbocycles. The predicted octanol–water partition coefficient (Wildman–Crippen LogP) is 5.58. The Kier molecular flexibility index (Phi) is 5.36. The number of H-pyrrole nitrogens is 1. The standard InChI is InChI=1S/C27H33F2N5/c1-3-18-11-27(12-18)8-9-33(16-27)26-30-13-19(14-31-26)25-24-21(10-17(2)34(25)15-23(28)29)20-6-4-5-7-22(20)32-24/h4-7,13-14,17-18,23,25,32H,3,8-12,15-16H2,1-2H3/t17-,18?,25-,27?/m1/s1. The molecule has 1 N–H and O–H groups in total. The average molecular weight is 466 g/mol. The van der Waals surface area contributed by atoms with E-state index in [0.717, 1.165) is 48.2 Å². The number of halogens is 2. The molecule has 180 valence electrons. The van der Waals surface area contributed by atoms with Gasteiger partial charge < -0.3 is 9.88 Å². The molecule has 6 rings (SSSR count). The van der Waals surface area contributed by atoms with Gasteiger partial charge in [0.15, 0.2) is 0 Å². The van der Waals surface area contributed by atoms with Gasteiger partial charge in [-0.15, -0.1) is 0 Å². The molecule has 34 heavy (non-hydrogen) atoms. The summed E-state index contributed by atoms with van der Waals surface area (Å²) in [6.45, 7) is 6.10. The fraction of sp³-hybridized carbons (Fsp3) is 0.556. The third-order valence-electron chi connectivity index (χ3n) is 8.58. The highest BCUT2D eigenvalue weighted by atomic mass is 19.3. The second-order valence-corrected chi connectivity index (χ2v) is 10.8. The number of para-hydroxylation sites is 1. The van der Waals surface area contributed by atoms with Gasteiger partial charge in [-0.05, 0) is 55.6 Å². The third-order valence-corrected chi connectivity index (χ3v) is 8.58. The van der Waals surface area contributed by atoms with Crippen LogP contribution in [0.15, 0.2) is 36.7 Å². The molecule has 0 amide bonds. The molecule has 3 aromatic rings. The van der Waals surface area contributed by atoms with E-state index in [2.05, 4.69) is 28.9 Å². The van der Waals surface area contributed by atoms with Crippen molar-refractivity contribution >= 4 is 16.9 Å². The maximum atomic E-state index is 13.6. The molecule has 0 unspecified atom stereocenters. The van der Waals surface area contributed by atoms with Gasteiger partial charge in [-0.1, -0.05) is 31.5 Å². The molecular formula is C27H33F2N5. The van der Waals surface area contributed by atoms with Gasteiger partial charge in [0.2, 0.25) is 5.95 Å². The van der Waals surface area contributed by atoms with Crippen molar-refractivity contribution in [1.29, 1.82) is 0 Å². The Hall–Kier alpha value is -2.54. The number of anilines is 1. The van der Waals surface area contributed by atoms with E-state index in [1.807, 2.05) is 36.4 Å². The van der Waals surface area contributed by atoms with E-state index >= 15 is 0 Å². The largest absolute Gasteiger partial charge is 0.357 e. The highest BCUT2D eigenvalue weighted by Gasteiger charge is 2.48. The number of nitrogens with one attached hydrogen (secondary N) is 1. The van der Waals surface area contributed by atoms with Gasteiger partial charge in [-0.25, -0.2) is 18.7 Å². The molecule has 1 saturated heterocycles. The number of benzene rings is 1. The Morgan fingerprint density at radius 1 is 1.18 bits per heavy atom. The topological polar surface area (TPSA) is 48.1 Å². The van der Waals surface area contributed by atoms with Gasteiger partial charge in [0.1, 0.15) is 0 Å². The van der Waals surface area contributed by atoms with E-state index in [1.165, 1.54) is 36.6 Å². The number of hydrogen-bond donors (Lipinski definition) is 1. The molecule has 2 fully saturated rings. The Balaban J connectivity index is 1.31. The average Bonchev–Trinajstić information content (AvgIpc) is 3.41. The molecule has 1 saturated carbocycles. The van der Waals surface area contributed by atoms with Gasteiger partial charge in [-0.3, -0.25) is 4.90 Å². The lowest BCUT2D eigenvalue weighted by molar-refractivity contribution is 0.0454. The molecule has 2 aromatic heterocycles. The molecule has 0 bridgehead atoms. The van der Waals surface area contributed by atoms with Crippen LogP contribution in [0.2, 0.25) is 0 Å². The zero-order valence-electron chi connectivity index (χ0n) is 20.0. The smallest absolute Gasteiger partial charge is 0.251 e. The molecular weight excluding hydrogens is 432 g/mol. The minimum Gasteiger partial charge on any atom is -0.357 e. The summed E-state index contributed by atoms with van der Waals surface area (Å²) in [7, 11) is 0. The monoisotopic (exact) mass is 465 g/mol. The van der Waals surface area contributed by atoms with Crippen LogP contribution >= 0.6 is 0 Å². The van der Waals surface area contributed by atoms with Crippen molar-refractivity contribution < 1.29 is 8.78 Å². The number of hydrogen-bond acceptors (Lipinski definition) is 4. The molecule has 0 radical (unpaired) electrons. The molecule has 1 aliphatic carbocycles. The van der Waals surface area contributed by atoms with Crippen LogP contribution < -0.4 is 4.90 Å². The highest BCUT2D eigenvalue weighted by Crippen LogP contribution is 2.53. The van der Waals surface area contributed by atoms with Crippen molar-refractivity contribution in [2.45, 2.75) is 64.5 Å². The maximum absolute atomic E-state index is 13.6. The molecule has 2 aliphatic heterocycles. The van der Waals surface area contributed by atoms with Crippen LogP contribution in [0.25, 0.3) is 10.9 Å². The summed E-state index contributed by atoms with van der Waals surface area (Å²) in [6.07, 6.45) is 7.21. The van der Waals surface area contributed by atoms with Crippen LogP contribution in [0.4, 0.5) is 14.7 Å². The van der Waals surface area contributed by atoms with Crippen LogP contribution in [0.1, 0.15) is 62.4 Å². The molecule has 4 heterocycles. The van der Waals surface area contributed by atoms with Crippen molar-refractivity contribution in [1.82, 2.24) is 19.9 Å². The van der Waals surface area contributed by atoms with Gasteiger partial charge in [0, 0.05) is 53.7 Å². The zero-order valence-corrected chi connectivity index (χ0v) is 20.0. The van der Waals surface area contributed by atoms with Crippen LogP contribution in [-0.4, -0.2) is 52.0 Å². The van der Waals surface area contributed by atoms with Crippen LogP contribution in [0.3, 0.4) is 0 Å². The third kappa shape index (κ3) is 3.60. The lowest BCUT2D eigenvalue weighted by Crippen LogP contribution is -2.45. The lowest BCUT2D eigenvalue weighted by Gasteiger charge is -2.45. The quantitative estimate of drug-likeness (QED) is 0.535. The predicted molar refractivity (Wildman–Crippen MR) is 130 cm³/mol. The molecule has 7 heteroatoms. The fourth-order valence-electron chi connectivity index (χ4n) is 6.84. The van der Waals surface area contributed by atoms with E-state index in [0.29, 0.717) is 5.41 Å². The number of aromatic nitrogens is 3. The minimum atomic E-state index is -2.40. The summed E-state index contributed by atoms with van der Waals surface area (Å²) in [5, 5.41) is 1.18. The Bertz CT molecular complexity index is 1170. The summed E-state index contributed by atoms with van der Waals surface area (Å²) in [4.78, 5) is 17.3. The summed E-state index contributed by atoms with van der Waals surface area (Å²) in [6, 6.07) is 7.89. The van der Waals surface area contributed by atoms with E-state index < -0.39 is 6.43 Å². The zero-order chi connectivity index (χ0) is 23.4. The molecule has 5 nitrogen and oxygen atoms in total. The first-order chi connectivity index (χ1) is 16.5. The van der Waals surface area contributed by atoms with Crippen LogP contribution in [0.5, 0.6) is 0 Å². The highest BCUT2D eigenvalue weighted by molar-refractivity contribution is 5.85. The van der Waals surface area contributed by atoms with Crippen molar-refractivity contribution in [3.63, 3.8) is 0 Å². The van der Waals surface area contributed by atoms with Crippen molar-refractivity contribution in [3.8, 4) is 0 Å². The molecule has 1 spiro atoms. The van der Waals surface area contributed by atoms with Crippen molar-refractivity contribution in [3.05, 3.63) is 53.5 Å². The van der Waals surface area contributed by atoms with Gasteiger partial charge in [0.25, 0.3) is 6.43 Å². The SMILES string of the molecule is CCC1CC2(CCN(c3ncc([C@@H]4c5[nH]c6ccccc6c5C[C@@H](C)N4CC(F)F)cn3)C2)C1. The van der Waals surface area contributed by atoms with E-state index in [1.54, 1.807) is 0 Å². The second-order valence-electron chi connectivity index (χ2n) is 10.8. The maximum Gasteiger partial charge on any atom is 0.251 e. The summed E-state index contributed by atoms with van der Waals surface area (Å²) in [5.74, 6) is 1.64. The van der Waals surface area contributed by atoms with Crippen LogP contribution in [0, 0.1) is 11.3 Å². The number of nitrogens with zero attached hydrogens (tertiary/aromatic N) is 4. The summed E-state index contributed by atoms with van der Waals surface area (Å²) < 4.78 is 27.2. The number of rotatable bonds is 5. The lowest BCUT2D eigenvalue weighted by atomic mass is 9.61. The van der Waals surface area contributed by atoms with Crippen molar-refractivity contribution in [2.75, 3.05) is 24.5 Å². The Morgan fingerprint density at radius 2 is 1.94 bits per heavy atom.